The van der Waals surface area contributed by atoms with Crippen LogP contribution >= 0.6 is 34.5 Å². The van der Waals surface area contributed by atoms with Gasteiger partial charge in [-0.05, 0) is 44.0 Å². The molecule has 4 nitrogen and oxygen atoms in total. The van der Waals surface area contributed by atoms with Crippen molar-refractivity contribution in [2.75, 3.05) is 0 Å². The minimum absolute atomic E-state index is 0.0593. The summed E-state index contributed by atoms with van der Waals surface area (Å²) in [5, 5.41) is 3.89. The lowest BCUT2D eigenvalue weighted by molar-refractivity contribution is 0.0728. The Bertz CT molecular complexity index is 1020. The molecule has 0 N–H and O–H groups in total. The van der Waals surface area contributed by atoms with Crippen molar-refractivity contribution >= 4 is 40.4 Å². The minimum Gasteiger partial charge on any atom is -0.485 e. The Kier molecular flexibility index (Phi) is 6.09. The molecular formula is C22H20Cl2N2O2S. The monoisotopic (exact) mass is 446 g/mol. The summed E-state index contributed by atoms with van der Waals surface area (Å²) in [5.41, 5.74) is 2.73. The topological polar surface area (TPSA) is 42.4 Å². The fraction of sp³-hybridized carbons (Fsp3) is 0.273. The van der Waals surface area contributed by atoms with Crippen molar-refractivity contribution in [3.8, 4) is 5.75 Å². The average molecular weight is 447 g/mol. The van der Waals surface area contributed by atoms with Crippen molar-refractivity contribution in [1.29, 1.82) is 0 Å². The fourth-order valence-corrected chi connectivity index (χ4v) is 4.03. The van der Waals surface area contributed by atoms with E-state index in [0.29, 0.717) is 35.0 Å². The Labute approximate surface area is 184 Å². The van der Waals surface area contributed by atoms with Gasteiger partial charge in [-0.15, -0.1) is 11.3 Å². The van der Waals surface area contributed by atoms with E-state index in [-0.39, 0.29) is 5.91 Å². The molecule has 1 heterocycles. The van der Waals surface area contributed by atoms with E-state index in [9.17, 15) is 4.79 Å². The number of amides is 1. The van der Waals surface area contributed by atoms with Crippen molar-refractivity contribution < 1.29 is 9.53 Å². The lowest BCUT2D eigenvalue weighted by Crippen LogP contribution is -2.32. The standard InChI is InChI=1S/C22H20Cl2N2O2S/c1-14-2-4-15(5-3-14)22(27)26(18-7-8-18)11-17-13-29-21(25-17)12-28-20-10-16(23)6-9-19(20)24/h2-6,9-10,13,18H,7-8,11-12H2,1H3. The van der Waals surface area contributed by atoms with Crippen LogP contribution in [0.25, 0.3) is 0 Å². The van der Waals surface area contributed by atoms with E-state index in [2.05, 4.69) is 4.98 Å². The van der Waals surface area contributed by atoms with E-state index in [4.69, 9.17) is 27.9 Å². The van der Waals surface area contributed by atoms with Crippen LogP contribution in [0.5, 0.6) is 5.75 Å². The number of hydrogen-bond donors (Lipinski definition) is 0. The summed E-state index contributed by atoms with van der Waals surface area (Å²) in [4.78, 5) is 19.5. The second-order valence-corrected chi connectivity index (χ2v) is 8.91. The van der Waals surface area contributed by atoms with Crippen LogP contribution in [-0.4, -0.2) is 21.8 Å². The number of ether oxygens (including phenoxy) is 1. The van der Waals surface area contributed by atoms with Gasteiger partial charge in [0.15, 0.2) is 0 Å². The zero-order valence-electron chi connectivity index (χ0n) is 15.9. The number of aryl methyl sites for hydroxylation is 1. The van der Waals surface area contributed by atoms with E-state index in [1.54, 1.807) is 18.2 Å². The van der Waals surface area contributed by atoms with Crippen molar-refractivity contribution in [3.63, 3.8) is 0 Å². The minimum atomic E-state index is 0.0593. The van der Waals surface area contributed by atoms with Gasteiger partial charge < -0.3 is 9.64 Å². The molecule has 150 valence electrons. The van der Waals surface area contributed by atoms with Gasteiger partial charge in [0.05, 0.1) is 17.3 Å². The summed E-state index contributed by atoms with van der Waals surface area (Å²) in [5.74, 6) is 0.592. The molecule has 4 rings (SSSR count). The number of nitrogens with zero attached hydrogens (tertiary/aromatic N) is 2. The average Bonchev–Trinajstić information content (AvgIpc) is 3.46. The number of carbonyl (C=O) groups excluding carboxylic acids is 1. The highest BCUT2D eigenvalue weighted by molar-refractivity contribution is 7.09. The number of aromatic nitrogens is 1. The summed E-state index contributed by atoms with van der Waals surface area (Å²) in [6.45, 7) is 2.83. The third kappa shape index (κ3) is 5.10. The van der Waals surface area contributed by atoms with Crippen LogP contribution in [0.4, 0.5) is 0 Å². The molecule has 0 aliphatic heterocycles. The van der Waals surface area contributed by atoms with Gasteiger partial charge in [0, 0.05) is 28.1 Å². The number of rotatable bonds is 7. The highest BCUT2D eigenvalue weighted by Gasteiger charge is 2.33. The molecule has 2 aromatic carbocycles. The zero-order chi connectivity index (χ0) is 20.4. The normalized spacial score (nSPS) is 13.3. The maximum absolute atomic E-state index is 13.0. The van der Waals surface area contributed by atoms with E-state index in [1.165, 1.54) is 11.3 Å². The van der Waals surface area contributed by atoms with Gasteiger partial charge in [-0.1, -0.05) is 40.9 Å². The molecule has 1 fully saturated rings. The van der Waals surface area contributed by atoms with Crippen molar-refractivity contribution in [1.82, 2.24) is 9.88 Å². The summed E-state index contributed by atoms with van der Waals surface area (Å²) < 4.78 is 5.76. The maximum Gasteiger partial charge on any atom is 0.254 e. The van der Waals surface area contributed by atoms with E-state index in [1.807, 2.05) is 41.5 Å². The molecule has 0 unspecified atom stereocenters. The van der Waals surface area contributed by atoms with Crippen LogP contribution in [0.2, 0.25) is 10.0 Å². The number of carbonyl (C=O) groups is 1. The van der Waals surface area contributed by atoms with Crippen LogP contribution in [-0.2, 0) is 13.2 Å². The summed E-state index contributed by atoms with van der Waals surface area (Å²) in [6.07, 6.45) is 2.09. The SMILES string of the molecule is Cc1ccc(C(=O)N(Cc2csc(COc3cc(Cl)ccc3Cl)n2)C2CC2)cc1. The van der Waals surface area contributed by atoms with Crippen LogP contribution in [0.15, 0.2) is 47.8 Å². The van der Waals surface area contributed by atoms with E-state index >= 15 is 0 Å². The van der Waals surface area contributed by atoms with Crippen LogP contribution < -0.4 is 4.74 Å². The predicted molar refractivity (Wildman–Crippen MR) is 117 cm³/mol. The number of benzene rings is 2. The molecule has 29 heavy (non-hydrogen) atoms. The molecule has 0 bridgehead atoms. The zero-order valence-corrected chi connectivity index (χ0v) is 18.2. The highest BCUT2D eigenvalue weighted by Crippen LogP contribution is 2.31. The quantitative estimate of drug-likeness (QED) is 0.437. The van der Waals surface area contributed by atoms with Crippen LogP contribution in [0.3, 0.4) is 0 Å². The Hall–Kier alpha value is -2.08. The van der Waals surface area contributed by atoms with E-state index < -0.39 is 0 Å². The van der Waals surface area contributed by atoms with Crippen molar-refractivity contribution in [2.24, 2.45) is 0 Å². The number of thiazole rings is 1. The molecular weight excluding hydrogens is 427 g/mol. The largest absolute Gasteiger partial charge is 0.485 e. The van der Waals surface area contributed by atoms with Gasteiger partial charge in [0.1, 0.15) is 17.4 Å². The summed E-state index contributed by atoms with van der Waals surface area (Å²) in [7, 11) is 0. The maximum atomic E-state index is 13.0. The smallest absolute Gasteiger partial charge is 0.254 e. The molecule has 0 saturated heterocycles. The Morgan fingerprint density at radius 2 is 1.97 bits per heavy atom. The third-order valence-corrected chi connectivity index (χ3v) is 6.14. The lowest BCUT2D eigenvalue weighted by Gasteiger charge is -2.21. The molecule has 1 aliphatic rings. The third-order valence-electron chi connectivity index (χ3n) is 4.72. The molecule has 1 aliphatic carbocycles. The first-order chi connectivity index (χ1) is 14.0. The van der Waals surface area contributed by atoms with Gasteiger partial charge in [0.25, 0.3) is 5.91 Å². The molecule has 0 radical (unpaired) electrons. The molecule has 1 aromatic heterocycles. The molecule has 0 spiro atoms. The summed E-state index contributed by atoms with van der Waals surface area (Å²) in [6, 6.07) is 13.1. The Morgan fingerprint density at radius 3 is 2.69 bits per heavy atom. The van der Waals surface area contributed by atoms with Gasteiger partial charge >= 0.3 is 0 Å². The van der Waals surface area contributed by atoms with E-state index in [0.717, 1.165) is 34.7 Å². The number of hydrogen-bond acceptors (Lipinski definition) is 4. The van der Waals surface area contributed by atoms with Crippen molar-refractivity contribution in [2.45, 2.75) is 39.0 Å². The second-order valence-electron chi connectivity index (χ2n) is 7.13. The first kappa shape index (κ1) is 20.2. The molecule has 1 saturated carbocycles. The van der Waals surface area contributed by atoms with Crippen LogP contribution in [0.1, 0.15) is 39.5 Å². The van der Waals surface area contributed by atoms with Gasteiger partial charge in [0.2, 0.25) is 0 Å². The molecule has 1 amide bonds. The first-order valence-corrected chi connectivity index (χ1v) is 11.0. The Morgan fingerprint density at radius 1 is 1.21 bits per heavy atom. The predicted octanol–water partition coefficient (Wildman–Crippen LogP) is 6.14. The molecule has 0 atom stereocenters. The summed E-state index contributed by atoms with van der Waals surface area (Å²) >= 11 is 13.6. The Balaban J connectivity index is 1.42. The fourth-order valence-electron chi connectivity index (χ4n) is 3.00. The van der Waals surface area contributed by atoms with Gasteiger partial charge in [-0.25, -0.2) is 4.98 Å². The van der Waals surface area contributed by atoms with Crippen LogP contribution in [0, 0.1) is 6.92 Å². The van der Waals surface area contributed by atoms with Gasteiger partial charge in [-0.3, -0.25) is 4.79 Å². The highest BCUT2D eigenvalue weighted by atomic mass is 35.5. The number of halogens is 2. The van der Waals surface area contributed by atoms with Gasteiger partial charge in [-0.2, -0.15) is 0 Å². The molecule has 3 aromatic rings. The van der Waals surface area contributed by atoms with Crippen molar-refractivity contribution in [3.05, 3.63) is 79.7 Å². The molecule has 7 heteroatoms. The first-order valence-electron chi connectivity index (χ1n) is 9.38. The second kappa shape index (κ2) is 8.74. The lowest BCUT2D eigenvalue weighted by atomic mass is 10.1.